The fourth-order valence-electron chi connectivity index (χ4n) is 2.29. The molecular formula is C16H12Cl2N2. The van der Waals surface area contributed by atoms with Crippen LogP contribution >= 0.6 is 23.2 Å². The van der Waals surface area contributed by atoms with Crippen molar-refractivity contribution < 1.29 is 0 Å². The van der Waals surface area contributed by atoms with Crippen molar-refractivity contribution in [2.24, 2.45) is 0 Å². The first-order valence-corrected chi connectivity index (χ1v) is 6.94. The normalized spacial score (nSPS) is 10.9. The molecule has 1 heterocycles. The average molecular weight is 303 g/mol. The first-order chi connectivity index (χ1) is 9.59. The Balaban J connectivity index is 2.42. The van der Waals surface area contributed by atoms with Crippen LogP contribution in [-0.2, 0) is 0 Å². The lowest BCUT2D eigenvalue weighted by Gasteiger charge is -2.13. The van der Waals surface area contributed by atoms with E-state index in [0.29, 0.717) is 21.2 Å². The second-order valence-corrected chi connectivity index (χ2v) is 5.43. The number of nitrogens with two attached hydrogens (primary N) is 1. The quantitative estimate of drug-likeness (QED) is 0.679. The molecule has 0 aliphatic carbocycles. The lowest BCUT2D eigenvalue weighted by atomic mass is 10.0. The second kappa shape index (κ2) is 4.97. The van der Waals surface area contributed by atoms with Crippen molar-refractivity contribution in [3.05, 3.63) is 58.1 Å². The number of pyridine rings is 1. The van der Waals surface area contributed by atoms with Crippen LogP contribution in [0.3, 0.4) is 0 Å². The van der Waals surface area contributed by atoms with Gasteiger partial charge in [-0.1, -0.05) is 53.5 Å². The molecule has 2 aromatic carbocycles. The summed E-state index contributed by atoms with van der Waals surface area (Å²) in [5.74, 6) is 0. The zero-order chi connectivity index (χ0) is 14.3. The molecule has 4 heteroatoms. The van der Waals surface area contributed by atoms with Crippen LogP contribution in [0.5, 0.6) is 0 Å². The Morgan fingerprint density at radius 3 is 2.30 bits per heavy atom. The molecule has 3 aromatic rings. The van der Waals surface area contributed by atoms with Gasteiger partial charge >= 0.3 is 0 Å². The van der Waals surface area contributed by atoms with E-state index in [1.54, 1.807) is 12.1 Å². The van der Waals surface area contributed by atoms with E-state index in [9.17, 15) is 0 Å². The van der Waals surface area contributed by atoms with E-state index < -0.39 is 0 Å². The van der Waals surface area contributed by atoms with E-state index in [2.05, 4.69) is 4.98 Å². The van der Waals surface area contributed by atoms with Crippen molar-refractivity contribution in [3.8, 4) is 11.3 Å². The van der Waals surface area contributed by atoms with Crippen LogP contribution in [0.25, 0.3) is 22.2 Å². The second-order valence-electron chi connectivity index (χ2n) is 4.62. The van der Waals surface area contributed by atoms with Gasteiger partial charge in [-0.2, -0.15) is 0 Å². The Morgan fingerprint density at radius 2 is 1.60 bits per heavy atom. The van der Waals surface area contributed by atoms with Gasteiger partial charge in [0.25, 0.3) is 0 Å². The minimum absolute atomic E-state index is 0.549. The zero-order valence-electron chi connectivity index (χ0n) is 10.8. The Hall–Kier alpha value is -1.77. The van der Waals surface area contributed by atoms with Crippen LogP contribution in [0.1, 0.15) is 5.56 Å². The molecule has 0 unspecified atom stereocenters. The molecule has 1 aromatic heterocycles. The van der Waals surface area contributed by atoms with Gasteiger partial charge < -0.3 is 5.73 Å². The highest BCUT2D eigenvalue weighted by molar-refractivity contribution is 6.41. The molecule has 3 rings (SSSR count). The van der Waals surface area contributed by atoms with Crippen LogP contribution in [0, 0.1) is 6.92 Å². The van der Waals surface area contributed by atoms with Crippen molar-refractivity contribution in [1.29, 1.82) is 0 Å². The number of nitrogen functional groups attached to an aromatic ring is 1. The Labute approximate surface area is 127 Å². The standard InChI is InChI=1S/C16H12Cl2N2/c1-9-14(19)13-11(17)7-8-12(18)16(13)20-15(9)10-5-3-2-4-6-10/h2-8H,1H3,(H2,19,20). The lowest BCUT2D eigenvalue weighted by molar-refractivity contribution is 1.33. The van der Waals surface area contributed by atoms with E-state index in [0.717, 1.165) is 22.2 Å². The van der Waals surface area contributed by atoms with Crippen molar-refractivity contribution in [2.75, 3.05) is 5.73 Å². The first kappa shape index (κ1) is 13.2. The molecule has 0 fully saturated rings. The third-order valence-corrected chi connectivity index (χ3v) is 4.00. The third-order valence-electron chi connectivity index (χ3n) is 3.38. The number of aromatic nitrogens is 1. The fraction of sp³-hybridized carbons (Fsp3) is 0.0625. The summed E-state index contributed by atoms with van der Waals surface area (Å²) < 4.78 is 0. The number of hydrogen-bond donors (Lipinski definition) is 1. The highest BCUT2D eigenvalue weighted by atomic mass is 35.5. The van der Waals surface area contributed by atoms with E-state index >= 15 is 0 Å². The number of halogens is 2. The molecule has 0 aliphatic heterocycles. The number of fused-ring (bicyclic) bond motifs is 1. The topological polar surface area (TPSA) is 38.9 Å². The van der Waals surface area contributed by atoms with E-state index in [1.165, 1.54) is 0 Å². The lowest BCUT2D eigenvalue weighted by Crippen LogP contribution is -1.99. The first-order valence-electron chi connectivity index (χ1n) is 6.19. The number of anilines is 1. The van der Waals surface area contributed by atoms with Crippen molar-refractivity contribution in [2.45, 2.75) is 6.92 Å². The number of rotatable bonds is 1. The summed E-state index contributed by atoms with van der Waals surface area (Å²) in [5, 5.41) is 1.83. The van der Waals surface area contributed by atoms with Gasteiger partial charge in [0.05, 0.1) is 21.3 Å². The molecule has 0 radical (unpaired) electrons. The summed E-state index contributed by atoms with van der Waals surface area (Å²) in [6, 6.07) is 13.4. The molecule has 0 bridgehead atoms. The van der Waals surface area contributed by atoms with Crippen LogP contribution in [-0.4, -0.2) is 4.98 Å². The maximum Gasteiger partial charge on any atom is 0.0931 e. The smallest absolute Gasteiger partial charge is 0.0931 e. The van der Waals surface area contributed by atoms with Gasteiger partial charge in [0, 0.05) is 16.6 Å². The number of benzene rings is 2. The summed E-state index contributed by atoms with van der Waals surface area (Å²) in [7, 11) is 0. The minimum Gasteiger partial charge on any atom is -0.398 e. The van der Waals surface area contributed by atoms with Gasteiger partial charge in [-0.3, -0.25) is 0 Å². The molecule has 0 aliphatic rings. The van der Waals surface area contributed by atoms with Crippen molar-refractivity contribution in [1.82, 2.24) is 4.98 Å². The number of hydrogen-bond acceptors (Lipinski definition) is 2. The minimum atomic E-state index is 0.549. The van der Waals surface area contributed by atoms with Crippen molar-refractivity contribution >= 4 is 39.8 Å². The van der Waals surface area contributed by atoms with E-state index in [-0.39, 0.29) is 0 Å². The molecule has 20 heavy (non-hydrogen) atoms. The van der Waals surface area contributed by atoms with Gasteiger partial charge in [-0.15, -0.1) is 0 Å². The SMILES string of the molecule is Cc1c(-c2ccccc2)nc2c(Cl)ccc(Cl)c2c1N. The molecule has 0 atom stereocenters. The predicted octanol–water partition coefficient (Wildman–Crippen LogP) is 5.10. The number of nitrogens with zero attached hydrogens (tertiary/aromatic N) is 1. The summed E-state index contributed by atoms with van der Waals surface area (Å²) in [4.78, 5) is 4.67. The highest BCUT2D eigenvalue weighted by Gasteiger charge is 2.15. The van der Waals surface area contributed by atoms with Gasteiger partial charge in [-0.05, 0) is 24.6 Å². The summed E-state index contributed by atoms with van der Waals surface area (Å²) in [6.07, 6.45) is 0. The maximum atomic E-state index is 6.24. The zero-order valence-corrected chi connectivity index (χ0v) is 12.3. The Bertz CT molecular complexity index is 799. The maximum absolute atomic E-state index is 6.24. The fourth-order valence-corrected chi connectivity index (χ4v) is 2.75. The Morgan fingerprint density at radius 1 is 0.950 bits per heavy atom. The summed E-state index contributed by atoms with van der Waals surface area (Å²) in [6.45, 7) is 1.95. The van der Waals surface area contributed by atoms with Gasteiger partial charge in [0.15, 0.2) is 0 Å². The molecule has 2 nitrogen and oxygen atoms in total. The van der Waals surface area contributed by atoms with Crippen LogP contribution in [0.4, 0.5) is 5.69 Å². The van der Waals surface area contributed by atoms with Crippen LogP contribution in [0.2, 0.25) is 10.0 Å². The van der Waals surface area contributed by atoms with Gasteiger partial charge in [0.2, 0.25) is 0 Å². The third kappa shape index (κ3) is 2.01. The molecule has 0 amide bonds. The van der Waals surface area contributed by atoms with Gasteiger partial charge in [0.1, 0.15) is 0 Å². The van der Waals surface area contributed by atoms with Crippen LogP contribution < -0.4 is 5.73 Å². The monoisotopic (exact) mass is 302 g/mol. The average Bonchev–Trinajstić information content (AvgIpc) is 2.47. The summed E-state index contributed by atoms with van der Waals surface area (Å²) >= 11 is 12.5. The molecule has 100 valence electrons. The predicted molar refractivity (Wildman–Crippen MR) is 86.3 cm³/mol. The van der Waals surface area contributed by atoms with E-state index in [4.69, 9.17) is 28.9 Å². The van der Waals surface area contributed by atoms with E-state index in [1.807, 2.05) is 37.3 Å². The van der Waals surface area contributed by atoms with Crippen LogP contribution in [0.15, 0.2) is 42.5 Å². The molecule has 0 saturated carbocycles. The molecule has 0 spiro atoms. The molecule has 0 saturated heterocycles. The van der Waals surface area contributed by atoms with Crippen molar-refractivity contribution in [3.63, 3.8) is 0 Å². The highest BCUT2D eigenvalue weighted by Crippen LogP contribution is 2.37. The largest absolute Gasteiger partial charge is 0.398 e. The summed E-state index contributed by atoms with van der Waals surface area (Å²) in [5.41, 5.74) is 10.3. The molecule has 2 N–H and O–H groups in total. The Kier molecular flexibility index (Phi) is 3.28. The molecular weight excluding hydrogens is 291 g/mol. The van der Waals surface area contributed by atoms with Gasteiger partial charge in [-0.25, -0.2) is 4.98 Å².